The second-order valence-corrected chi connectivity index (χ2v) is 6.36. The van der Waals surface area contributed by atoms with Gasteiger partial charge in [0, 0.05) is 26.5 Å². The Morgan fingerprint density at radius 1 is 0.667 bits per heavy atom. The summed E-state index contributed by atoms with van der Waals surface area (Å²) in [7, 11) is 0. The van der Waals surface area contributed by atoms with E-state index < -0.39 is 0 Å². The zero-order valence-electron chi connectivity index (χ0n) is 12.8. The summed E-state index contributed by atoms with van der Waals surface area (Å²) in [6, 6.07) is 26.3. The van der Waals surface area contributed by atoms with Gasteiger partial charge < -0.3 is 5.32 Å². The van der Waals surface area contributed by atoms with Crippen LogP contribution in [0.4, 0.5) is 11.5 Å². The first-order valence-electron chi connectivity index (χ1n) is 7.65. The second-order valence-electron chi connectivity index (χ2n) is 5.44. The summed E-state index contributed by atoms with van der Waals surface area (Å²) in [5.74, 6) is 0.762. The van der Waals surface area contributed by atoms with Gasteiger partial charge >= 0.3 is 0 Å². The van der Waals surface area contributed by atoms with Gasteiger partial charge in [0.1, 0.15) is 5.69 Å². The van der Waals surface area contributed by atoms with E-state index in [2.05, 4.69) is 43.6 Å². The van der Waals surface area contributed by atoms with Crippen molar-refractivity contribution in [2.75, 3.05) is 5.32 Å². The van der Waals surface area contributed by atoms with E-state index in [0.29, 0.717) is 0 Å². The van der Waals surface area contributed by atoms with Gasteiger partial charge in [-0.05, 0) is 24.3 Å². The van der Waals surface area contributed by atoms with Gasteiger partial charge in [0.25, 0.3) is 0 Å². The molecular weight excluding hydrogens is 362 g/mol. The highest BCUT2D eigenvalue weighted by Crippen LogP contribution is 2.31. The summed E-state index contributed by atoms with van der Waals surface area (Å²) in [5, 5.41) is 14.4. The number of rotatable bonds is 3. The number of nitrogens with one attached hydrogen (secondary N) is 1. The predicted molar refractivity (Wildman–Crippen MR) is 102 cm³/mol. The average Bonchev–Trinajstić information content (AvgIpc) is 2.64. The van der Waals surface area contributed by atoms with Gasteiger partial charge in [-0.1, -0.05) is 70.5 Å². The summed E-state index contributed by atoms with van der Waals surface area (Å²) in [5.41, 5.74) is 2.93. The van der Waals surface area contributed by atoms with Crippen LogP contribution in [0.5, 0.6) is 0 Å². The van der Waals surface area contributed by atoms with Crippen LogP contribution >= 0.6 is 15.9 Å². The predicted octanol–water partition coefficient (Wildman–Crippen LogP) is 5.80. The number of nitrogens with zero attached hydrogens (tertiary/aromatic N) is 2. The first-order chi connectivity index (χ1) is 11.8. The first-order valence-corrected chi connectivity index (χ1v) is 8.44. The van der Waals surface area contributed by atoms with Crippen LogP contribution in [0.3, 0.4) is 0 Å². The number of aromatic nitrogens is 2. The van der Waals surface area contributed by atoms with Crippen molar-refractivity contribution in [3.63, 3.8) is 0 Å². The Morgan fingerprint density at radius 2 is 1.33 bits per heavy atom. The van der Waals surface area contributed by atoms with Crippen LogP contribution in [0, 0.1) is 0 Å². The smallest absolute Gasteiger partial charge is 0.161 e. The number of fused-ring (bicyclic) bond motifs is 1. The molecule has 0 radical (unpaired) electrons. The van der Waals surface area contributed by atoms with Crippen LogP contribution in [0.25, 0.3) is 22.0 Å². The summed E-state index contributed by atoms with van der Waals surface area (Å²) < 4.78 is 1.05. The number of para-hydroxylation sites is 1. The molecular formula is C20H14BrN3. The molecule has 0 unspecified atom stereocenters. The van der Waals surface area contributed by atoms with Crippen molar-refractivity contribution in [1.29, 1.82) is 0 Å². The molecule has 0 amide bonds. The molecule has 3 nitrogen and oxygen atoms in total. The van der Waals surface area contributed by atoms with Crippen LogP contribution < -0.4 is 5.32 Å². The Morgan fingerprint density at radius 3 is 2.08 bits per heavy atom. The average molecular weight is 376 g/mol. The highest BCUT2D eigenvalue weighted by Gasteiger charge is 2.10. The van der Waals surface area contributed by atoms with E-state index in [1.807, 2.05) is 66.7 Å². The van der Waals surface area contributed by atoms with Gasteiger partial charge in [-0.3, -0.25) is 0 Å². The normalized spacial score (nSPS) is 10.7. The van der Waals surface area contributed by atoms with Crippen molar-refractivity contribution in [3.8, 4) is 11.3 Å². The van der Waals surface area contributed by atoms with E-state index in [9.17, 15) is 0 Å². The lowest BCUT2D eigenvalue weighted by molar-refractivity contribution is 1.06. The maximum Gasteiger partial charge on any atom is 0.161 e. The molecule has 4 aromatic rings. The molecule has 0 aliphatic rings. The number of halogens is 1. The number of hydrogen-bond acceptors (Lipinski definition) is 3. The van der Waals surface area contributed by atoms with Crippen LogP contribution in [-0.2, 0) is 0 Å². The lowest BCUT2D eigenvalue weighted by Gasteiger charge is -2.11. The van der Waals surface area contributed by atoms with E-state index in [0.717, 1.165) is 38.0 Å². The molecule has 0 fully saturated rings. The molecule has 116 valence electrons. The number of benzene rings is 3. The fourth-order valence-electron chi connectivity index (χ4n) is 2.68. The Kier molecular flexibility index (Phi) is 3.97. The summed E-state index contributed by atoms with van der Waals surface area (Å²) in [6.45, 7) is 0. The third kappa shape index (κ3) is 2.88. The summed E-state index contributed by atoms with van der Waals surface area (Å²) in [4.78, 5) is 0. The molecule has 4 heteroatoms. The molecule has 0 spiro atoms. The molecule has 1 N–H and O–H groups in total. The van der Waals surface area contributed by atoms with Crippen molar-refractivity contribution in [2.24, 2.45) is 0 Å². The molecule has 24 heavy (non-hydrogen) atoms. The lowest BCUT2D eigenvalue weighted by Crippen LogP contribution is -1.99. The SMILES string of the molecule is Brc1ccc(-c2nnc(Nc3ccccc3)c3ccccc23)cc1. The van der Waals surface area contributed by atoms with Crippen molar-refractivity contribution in [2.45, 2.75) is 0 Å². The molecule has 4 rings (SSSR count). The molecule has 1 aromatic heterocycles. The maximum atomic E-state index is 4.48. The fourth-order valence-corrected chi connectivity index (χ4v) is 2.94. The highest BCUT2D eigenvalue weighted by molar-refractivity contribution is 9.10. The zero-order valence-corrected chi connectivity index (χ0v) is 14.4. The van der Waals surface area contributed by atoms with Gasteiger partial charge in [-0.25, -0.2) is 0 Å². The van der Waals surface area contributed by atoms with Crippen LogP contribution in [0.15, 0.2) is 83.3 Å². The van der Waals surface area contributed by atoms with Gasteiger partial charge in [-0.2, -0.15) is 0 Å². The van der Waals surface area contributed by atoms with E-state index in [-0.39, 0.29) is 0 Å². The van der Waals surface area contributed by atoms with E-state index in [1.165, 1.54) is 0 Å². The Balaban J connectivity index is 1.84. The molecule has 0 saturated carbocycles. The van der Waals surface area contributed by atoms with Crippen LogP contribution in [0.2, 0.25) is 0 Å². The zero-order chi connectivity index (χ0) is 16.4. The van der Waals surface area contributed by atoms with Crippen molar-refractivity contribution < 1.29 is 0 Å². The van der Waals surface area contributed by atoms with E-state index in [1.54, 1.807) is 0 Å². The van der Waals surface area contributed by atoms with E-state index in [4.69, 9.17) is 0 Å². The number of anilines is 2. The maximum absolute atomic E-state index is 4.48. The van der Waals surface area contributed by atoms with Gasteiger partial charge in [0.15, 0.2) is 5.82 Å². The minimum atomic E-state index is 0.762. The van der Waals surface area contributed by atoms with Crippen molar-refractivity contribution in [1.82, 2.24) is 10.2 Å². The molecule has 0 aliphatic carbocycles. The summed E-state index contributed by atoms with van der Waals surface area (Å²) >= 11 is 3.47. The lowest BCUT2D eigenvalue weighted by atomic mass is 10.0. The summed E-state index contributed by atoms with van der Waals surface area (Å²) in [6.07, 6.45) is 0. The standard InChI is InChI=1S/C20H14BrN3/c21-15-12-10-14(11-13-15)19-17-8-4-5-9-18(17)20(24-23-19)22-16-6-2-1-3-7-16/h1-13H,(H,22,24). The molecule has 1 heterocycles. The molecule has 0 bridgehead atoms. The van der Waals surface area contributed by atoms with Gasteiger partial charge in [0.05, 0.1) is 0 Å². The topological polar surface area (TPSA) is 37.8 Å². The van der Waals surface area contributed by atoms with Crippen LogP contribution in [-0.4, -0.2) is 10.2 Å². The van der Waals surface area contributed by atoms with Gasteiger partial charge in [-0.15, -0.1) is 10.2 Å². The molecule has 3 aromatic carbocycles. The third-order valence-electron chi connectivity index (χ3n) is 3.84. The van der Waals surface area contributed by atoms with E-state index >= 15 is 0 Å². The van der Waals surface area contributed by atoms with Crippen molar-refractivity contribution >= 4 is 38.2 Å². The van der Waals surface area contributed by atoms with Crippen molar-refractivity contribution in [3.05, 3.63) is 83.3 Å². The second kappa shape index (κ2) is 6.42. The first kappa shape index (κ1) is 14.8. The number of hydrogen-bond donors (Lipinski definition) is 1. The molecule has 0 atom stereocenters. The fraction of sp³-hybridized carbons (Fsp3) is 0. The minimum Gasteiger partial charge on any atom is -0.338 e. The molecule has 0 saturated heterocycles. The molecule has 0 aliphatic heterocycles. The Bertz CT molecular complexity index is 983. The third-order valence-corrected chi connectivity index (χ3v) is 4.37. The minimum absolute atomic E-state index is 0.762. The largest absolute Gasteiger partial charge is 0.338 e. The highest BCUT2D eigenvalue weighted by atomic mass is 79.9. The van der Waals surface area contributed by atoms with Gasteiger partial charge in [0.2, 0.25) is 0 Å². The Labute approximate surface area is 148 Å². The monoisotopic (exact) mass is 375 g/mol. The quantitative estimate of drug-likeness (QED) is 0.491. The Hall–Kier alpha value is -2.72. The van der Waals surface area contributed by atoms with Crippen LogP contribution in [0.1, 0.15) is 0 Å².